The molecule has 1 aliphatic rings. The lowest BCUT2D eigenvalue weighted by Crippen LogP contribution is -2.45. The number of benzene rings is 1. The average Bonchev–Trinajstić information content (AvgIpc) is 2.66. The second-order valence-electron chi connectivity index (χ2n) is 7.05. The summed E-state index contributed by atoms with van der Waals surface area (Å²) in [6.07, 6.45) is -4.42. The molecule has 0 amide bonds. The van der Waals surface area contributed by atoms with E-state index in [4.69, 9.17) is 0 Å². The van der Waals surface area contributed by atoms with E-state index in [-0.39, 0.29) is 10.9 Å². The Hall–Kier alpha value is -2.62. The molecule has 3 heterocycles. The summed E-state index contributed by atoms with van der Waals surface area (Å²) in [5, 5.41) is 0.331. The Balaban J connectivity index is 1.95. The summed E-state index contributed by atoms with van der Waals surface area (Å²) in [7, 11) is 1.97. The Bertz CT molecular complexity index is 1070. The molecule has 4 nitrogen and oxygen atoms in total. The van der Waals surface area contributed by atoms with Gasteiger partial charge in [-0.05, 0) is 19.2 Å². The Morgan fingerprint density at radius 1 is 0.966 bits per heavy atom. The highest BCUT2D eigenvalue weighted by molar-refractivity contribution is 6.08. The van der Waals surface area contributed by atoms with Gasteiger partial charge in [0.15, 0.2) is 5.82 Å². The van der Waals surface area contributed by atoms with E-state index in [1.807, 2.05) is 11.9 Å². The van der Waals surface area contributed by atoms with Gasteiger partial charge in [0, 0.05) is 49.2 Å². The lowest BCUT2D eigenvalue weighted by atomic mass is 10.0. The van der Waals surface area contributed by atoms with Gasteiger partial charge in [-0.1, -0.05) is 6.07 Å². The number of aromatic nitrogens is 2. The van der Waals surface area contributed by atoms with Gasteiger partial charge in [0.05, 0.1) is 11.1 Å². The van der Waals surface area contributed by atoms with Crippen molar-refractivity contribution in [2.75, 3.05) is 38.1 Å². The van der Waals surface area contributed by atoms with Crippen molar-refractivity contribution >= 4 is 27.6 Å². The molecule has 10 heteroatoms. The van der Waals surface area contributed by atoms with Crippen molar-refractivity contribution in [1.29, 1.82) is 0 Å². The number of halogens is 6. The summed E-state index contributed by atoms with van der Waals surface area (Å²) < 4.78 is 80.4. The average molecular weight is 414 g/mol. The van der Waals surface area contributed by atoms with Crippen LogP contribution in [0.5, 0.6) is 0 Å². The number of fused-ring (bicyclic) bond motifs is 3. The van der Waals surface area contributed by atoms with Crippen molar-refractivity contribution in [3.05, 3.63) is 41.8 Å². The molecule has 0 radical (unpaired) electrons. The third-order valence-corrected chi connectivity index (χ3v) is 5.12. The van der Waals surface area contributed by atoms with E-state index in [0.29, 0.717) is 41.9 Å². The number of piperazine rings is 1. The molecule has 2 aromatic heterocycles. The predicted octanol–water partition coefficient (Wildman–Crippen LogP) is 4.33. The lowest BCUT2D eigenvalue weighted by Gasteiger charge is -2.33. The van der Waals surface area contributed by atoms with Crippen LogP contribution in [0, 0.1) is 5.82 Å². The fourth-order valence-electron chi connectivity index (χ4n) is 3.47. The van der Waals surface area contributed by atoms with Crippen molar-refractivity contribution in [3.63, 3.8) is 0 Å². The highest BCUT2D eigenvalue weighted by Gasteiger charge is 2.60. The van der Waals surface area contributed by atoms with Crippen LogP contribution >= 0.6 is 0 Å². The lowest BCUT2D eigenvalue weighted by molar-refractivity contribution is -0.290. The van der Waals surface area contributed by atoms with Gasteiger partial charge in [0.25, 0.3) is 0 Å². The maximum Gasteiger partial charge on any atom is 0.458 e. The van der Waals surface area contributed by atoms with Crippen molar-refractivity contribution in [1.82, 2.24) is 14.9 Å². The summed E-state index contributed by atoms with van der Waals surface area (Å²) in [5.74, 6) is -6.52. The Morgan fingerprint density at radius 3 is 2.31 bits per heavy atom. The van der Waals surface area contributed by atoms with Crippen LogP contribution in [0.25, 0.3) is 21.8 Å². The van der Waals surface area contributed by atoms with Crippen molar-refractivity contribution in [2.45, 2.75) is 12.1 Å². The first-order valence-corrected chi connectivity index (χ1v) is 8.86. The molecule has 154 valence electrons. The van der Waals surface area contributed by atoms with E-state index in [9.17, 15) is 26.3 Å². The summed E-state index contributed by atoms with van der Waals surface area (Å²) in [4.78, 5) is 12.7. The molecule has 4 rings (SSSR count). The minimum atomic E-state index is -5.91. The first-order valence-electron chi connectivity index (χ1n) is 8.86. The van der Waals surface area contributed by atoms with Crippen LogP contribution in [0.2, 0.25) is 0 Å². The molecular formula is C19H16F6N4. The van der Waals surface area contributed by atoms with Gasteiger partial charge in [0.2, 0.25) is 0 Å². The second-order valence-corrected chi connectivity index (χ2v) is 7.05. The molecule has 0 spiro atoms. The first-order chi connectivity index (χ1) is 13.6. The van der Waals surface area contributed by atoms with Gasteiger partial charge in [0.1, 0.15) is 11.3 Å². The van der Waals surface area contributed by atoms with Gasteiger partial charge in [-0.15, -0.1) is 0 Å². The monoisotopic (exact) mass is 414 g/mol. The van der Waals surface area contributed by atoms with Gasteiger partial charge >= 0.3 is 12.1 Å². The number of likely N-dealkylation sites (N-methyl/N-ethyl adjacent to an activating group) is 1. The van der Waals surface area contributed by atoms with Crippen molar-refractivity contribution in [2.24, 2.45) is 0 Å². The molecule has 1 aliphatic heterocycles. The number of hydrogen-bond acceptors (Lipinski definition) is 4. The summed E-state index contributed by atoms with van der Waals surface area (Å²) in [6.45, 7) is 2.79. The number of nitrogens with zero attached hydrogens (tertiary/aromatic N) is 4. The van der Waals surface area contributed by atoms with E-state index < -0.39 is 23.5 Å². The van der Waals surface area contributed by atoms with E-state index in [2.05, 4.69) is 14.9 Å². The molecule has 3 aromatic rings. The van der Waals surface area contributed by atoms with Crippen LogP contribution in [0.15, 0.2) is 30.5 Å². The Morgan fingerprint density at radius 2 is 1.66 bits per heavy atom. The summed E-state index contributed by atoms with van der Waals surface area (Å²) in [5.41, 5.74) is -1.35. The highest BCUT2D eigenvalue weighted by atomic mass is 19.4. The largest absolute Gasteiger partial charge is 0.458 e. The number of rotatable bonds is 2. The van der Waals surface area contributed by atoms with E-state index >= 15 is 0 Å². The number of anilines is 1. The normalized spacial score (nSPS) is 16.7. The topological polar surface area (TPSA) is 32.3 Å². The first kappa shape index (κ1) is 19.7. The van der Waals surface area contributed by atoms with Crippen LogP contribution in [0.3, 0.4) is 0 Å². The minimum Gasteiger partial charge on any atom is -0.352 e. The SMILES string of the molecule is CN1CCN(c2nc3cc(F)c(C(F)(F)C(F)(F)F)cc3c3cccnc23)CC1. The zero-order valence-electron chi connectivity index (χ0n) is 15.3. The number of alkyl halides is 5. The molecule has 1 saturated heterocycles. The number of pyridine rings is 2. The quantitative estimate of drug-likeness (QED) is 0.462. The zero-order valence-corrected chi connectivity index (χ0v) is 15.3. The second kappa shape index (κ2) is 6.72. The molecule has 0 unspecified atom stereocenters. The van der Waals surface area contributed by atoms with E-state index in [1.54, 1.807) is 12.1 Å². The molecule has 0 N–H and O–H groups in total. The predicted molar refractivity (Wildman–Crippen MR) is 96.7 cm³/mol. The smallest absolute Gasteiger partial charge is 0.352 e. The van der Waals surface area contributed by atoms with Gasteiger partial charge in [-0.3, -0.25) is 4.98 Å². The Kier molecular flexibility index (Phi) is 4.56. The maximum absolute atomic E-state index is 14.3. The van der Waals surface area contributed by atoms with Gasteiger partial charge in [-0.2, -0.15) is 22.0 Å². The highest BCUT2D eigenvalue weighted by Crippen LogP contribution is 2.46. The van der Waals surface area contributed by atoms with E-state index in [1.165, 1.54) is 6.20 Å². The standard InChI is InChI=1S/C19H16F6N4/c1-28-5-7-29(8-6-28)17-16-11(3-2-4-26-16)12-9-13(14(20)10-15(12)27-17)18(21,22)19(23,24)25/h2-4,9-10H,5-8H2,1H3. The molecule has 29 heavy (non-hydrogen) atoms. The Labute approximate surface area is 161 Å². The fraction of sp³-hybridized carbons (Fsp3) is 0.368. The molecule has 0 aliphatic carbocycles. The molecule has 1 fully saturated rings. The minimum absolute atomic E-state index is 0.00125. The van der Waals surface area contributed by atoms with Crippen LogP contribution in [0.1, 0.15) is 5.56 Å². The maximum atomic E-state index is 14.3. The number of hydrogen-bond donors (Lipinski definition) is 0. The summed E-state index contributed by atoms with van der Waals surface area (Å²) in [6, 6.07) is 4.26. The van der Waals surface area contributed by atoms with Gasteiger partial charge < -0.3 is 9.80 Å². The van der Waals surface area contributed by atoms with E-state index in [0.717, 1.165) is 13.1 Å². The fourth-order valence-corrected chi connectivity index (χ4v) is 3.47. The van der Waals surface area contributed by atoms with Crippen molar-refractivity contribution < 1.29 is 26.3 Å². The van der Waals surface area contributed by atoms with Crippen LogP contribution in [-0.4, -0.2) is 54.3 Å². The van der Waals surface area contributed by atoms with Crippen molar-refractivity contribution in [3.8, 4) is 0 Å². The van der Waals surface area contributed by atoms with Crippen LogP contribution in [-0.2, 0) is 5.92 Å². The van der Waals surface area contributed by atoms with Crippen LogP contribution < -0.4 is 4.90 Å². The van der Waals surface area contributed by atoms with Gasteiger partial charge in [-0.25, -0.2) is 9.37 Å². The zero-order chi connectivity index (χ0) is 21.0. The molecule has 1 aromatic carbocycles. The summed E-state index contributed by atoms with van der Waals surface area (Å²) >= 11 is 0. The third-order valence-electron chi connectivity index (χ3n) is 5.12. The molecule has 0 bridgehead atoms. The molecule has 0 saturated carbocycles. The molecule has 0 atom stereocenters. The molecular weight excluding hydrogens is 398 g/mol. The van der Waals surface area contributed by atoms with Crippen LogP contribution in [0.4, 0.5) is 32.2 Å². The third kappa shape index (κ3) is 3.25.